The van der Waals surface area contributed by atoms with Gasteiger partial charge < -0.3 is 24.4 Å². The second kappa shape index (κ2) is 11.7. The van der Waals surface area contributed by atoms with Gasteiger partial charge in [0.25, 0.3) is 5.95 Å². The van der Waals surface area contributed by atoms with Gasteiger partial charge >= 0.3 is 0 Å². The number of anilines is 4. The first-order valence-electron chi connectivity index (χ1n) is 12.3. The maximum Gasteiger partial charge on any atom is 0.254 e. The van der Waals surface area contributed by atoms with Crippen molar-refractivity contribution in [1.82, 2.24) is 19.4 Å². The highest BCUT2D eigenvalue weighted by Gasteiger charge is 2.23. The number of fused-ring (bicyclic) bond motifs is 1. The van der Waals surface area contributed by atoms with Crippen molar-refractivity contribution in [2.75, 3.05) is 56.6 Å². The number of hydrogen-bond donors (Lipinski definition) is 1. The average molecular weight is 529 g/mol. The summed E-state index contributed by atoms with van der Waals surface area (Å²) in [4.78, 5) is 37.6. The van der Waals surface area contributed by atoms with Crippen LogP contribution in [0.2, 0.25) is 0 Å². The number of ether oxygens (including phenoxy) is 1. The molecule has 0 fully saturated rings. The molecule has 39 heavy (non-hydrogen) atoms. The van der Waals surface area contributed by atoms with E-state index in [1.54, 1.807) is 24.4 Å². The lowest BCUT2D eigenvalue weighted by atomic mass is 10.1. The van der Waals surface area contributed by atoms with Gasteiger partial charge in [0.2, 0.25) is 5.91 Å². The summed E-state index contributed by atoms with van der Waals surface area (Å²) in [5.74, 6) is 0.0219. The molecular weight excluding hydrogens is 496 g/mol. The number of methoxy groups -OCH3 is 1. The first-order chi connectivity index (χ1) is 18.8. The number of carbonyl (C=O) groups excluding carboxylic acids is 1. The highest BCUT2D eigenvalue weighted by Crippen LogP contribution is 2.41. The first-order valence-corrected chi connectivity index (χ1v) is 12.3. The molecule has 11 nitrogen and oxygen atoms in total. The van der Waals surface area contributed by atoms with Gasteiger partial charge in [-0.1, -0.05) is 24.8 Å². The topological polar surface area (TPSA) is 108 Å². The summed E-state index contributed by atoms with van der Waals surface area (Å²) in [5, 5.41) is 8.14. The molecule has 2 heterocycles. The van der Waals surface area contributed by atoms with Crippen LogP contribution in [0.15, 0.2) is 72.8 Å². The lowest BCUT2D eigenvalue weighted by molar-refractivity contribution is -0.111. The summed E-state index contributed by atoms with van der Waals surface area (Å²) >= 11 is 0. The molecule has 0 aliphatic carbocycles. The zero-order valence-electron chi connectivity index (χ0n) is 22.8. The van der Waals surface area contributed by atoms with Gasteiger partial charge in [-0.2, -0.15) is 5.01 Å². The molecule has 0 aliphatic rings. The number of aryl methyl sites for hydroxylation is 1. The summed E-state index contributed by atoms with van der Waals surface area (Å²) in [6, 6.07) is 13.1. The maximum atomic E-state index is 12.3. The molecule has 2 aromatic heterocycles. The van der Waals surface area contributed by atoms with E-state index in [2.05, 4.69) is 32.0 Å². The van der Waals surface area contributed by atoms with Crippen LogP contribution in [0.3, 0.4) is 0 Å². The molecule has 0 spiro atoms. The number of benzene rings is 2. The number of likely N-dealkylation sites (N-methyl/N-ethyl adjacent to an activating group) is 2. The van der Waals surface area contributed by atoms with Crippen LogP contribution in [0.5, 0.6) is 5.75 Å². The molecule has 4 rings (SSSR count). The number of rotatable bonds is 11. The van der Waals surface area contributed by atoms with Gasteiger partial charge in [0.05, 0.1) is 29.5 Å². The molecule has 1 N–H and O–H groups in total. The Morgan fingerprint density at radius 1 is 1.15 bits per heavy atom. The highest BCUT2D eigenvalue weighted by atomic mass is 16.5. The van der Waals surface area contributed by atoms with E-state index in [-0.39, 0.29) is 11.6 Å². The predicted molar refractivity (Wildman–Crippen MR) is 156 cm³/mol. The van der Waals surface area contributed by atoms with E-state index in [0.29, 0.717) is 29.4 Å². The van der Waals surface area contributed by atoms with Crippen LogP contribution in [0.4, 0.5) is 23.0 Å². The van der Waals surface area contributed by atoms with E-state index in [1.165, 1.54) is 13.2 Å². The Morgan fingerprint density at radius 2 is 1.92 bits per heavy atom. The van der Waals surface area contributed by atoms with Crippen molar-refractivity contribution in [3.05, 3.63) is 72.4 Å². The third-order valence-electron chi connectivity index (χ3n) is 6.35. The number of nitrogens with zero attached hydrogens (tertiary/aromatic N) is 7. The number of amides is 1. The third-order valence-corrected chi connectivity index (χ3v) is 6.35. The quantitative estimate of drug-likeness (QED) is 0.171. The monoisotopic (exact) mass is 528 g/mol. The fourth-order valence-electron chi connectivity index (χ4n) is 4.29. The van der Waals surface area contributed by atoms with Crippen molar-refractivity contribution in [1.29, 1.82) is 0 Å². The zero-order chi connectivity index (χ0) is 28.1. The number of hydrogen-bond acceptors (Lipinski definition) is 8. The van der Waals surface area contributed by atoms with E-state index in [9.17, 15) is 9.70 Å². The molecule has 0 unspecified atom stereocenters. The van der Waals surface area contributed by atoms with E-state index < -0.39 is 5.91 Å². The van der Waals surface area contributed by atoms with Crippen LogP contribution in [0, 0.1) is 4.91 Å². The van der Waals surface area contributed by atoms with Crippen molar-refractivity contribution < 1.29 is 9.53 Å². The molecule has 2 aromatic carbocycles. The normalized spacial score (nSPS) is 10.9. The van der Waals surface area contributed by atoms with Crippen LogP contribution in [-0.4, -0.2) is 66.7 Å². The predicted octanol–water partition coefficient (Wildman–Crippen LogP) is 4.59. The number of aromatic nitrogens is 3. The Kier molecular flexibility index (Phi) is 8.21. The van der Waals surface area contributed by atoms with E-state index in [1.807, 2.05) is 68.1 Å². The fourth-order valence-corrected chi connectivity index (χ4v) is 4.29. The number of para-hydroxylation sites is 1. The molecule has 0 radical (unpaired) electrons. The molecule has 11 heteroatoms. The van der Waals surface area contributed by atoms with Gasteiger partial charge in [0.15, 0.2) is 0 Å². The lowest BCUT2D eigenvalue weighted by Gasteiger charge is -2.26. The van der Waals surface area contributed by atoms with Gasteiger partial charge in [-0.15, -0.1) is 4.91 Å². The summed E-state index contributed by atoms with van der Waals surface area (Å²) < 4.78 is 7.68. The van der Waals surface area contributed by atoms with E-state index in [0.717, 1.165) is 28.0 Å². The Morgan fingerprint density at radius 3 is 2.62 bits per heavy atom. The Hall–Kier alpha value is -4.77. The van der Waals surface area contributed by atoms with Crippen molar-refractivity contribution in [2.24, 2.45) is 12.3 Å². The molecule has 202 valence electrons. The van der Waals surface area contributed by atoms with Crippen LogP contribution in [-0.2, 0) is 11.8 Å². The zero-order valence-corrected chi connectivity index (χ0v) is 22.8. The van der Waals surface area contributed by atoms with Crippen LogP contribution in [0.25, 0.3) is 22.2 Å². The van der Waals surface area contributed by atoms with Gasteiger partial charge in [-0.3, -0.25) is 4.79 Å². The highest BCUT2D eigenvalue weighted by molar-refractivity contribution is 6.02. The van der Waals surface area contributed by atoms with Crippen molar-refractivity contribution in [3.63, 3.8) is 0 Å². The molecule has 0 saturated heterocycles. The molecule has 0 bridgehead atoms. The SMILES string of the molecule is C=CC(=O)Nc1cc(N(N=O)c2nccc(-c3cn(C)c4ccccc34)n2)c(OC)cc1N(C)CCN(C)C. The first kappa shape index (κ1) is 27.3. The minimum Gasteiger partial charge on any atom is -0.494 e. The largest absolute Gasteiger partial charge is 0.494 e. The Labute approximate surface area is 227 Å². The van der Waals surface area contributed by atoms with Gasteiger partial charge in [0.1, 0.15) is 11.4 Å². The number of carbonyl (C=O) groups is 1. The molecule has 1 amide bonds. The molecule has 0 aliphatic heterocycles. The van der Waals surface area contributed by atoms with Crippen molar-refractivity contribution >= 4 is 39.8 Å². The summed E-state index contributed by atoms with van der Waals surface area (Å²) in [7, 11) is 9.35. The summed E-state index contributed by atoms with van der Waals surface area (Å²) in [6.07, 6.45) is 4.74. The van der Waals surface area contributed by atoms with Crippen LogP contribution in [0.1, 0.15) is 0 Å². The van der Waals surface area contributed by atoms with Gasteiger partial charge in [-0.05, 0) is 38.4 Å². The minimum atomic E-state index is -0.395. The molecule has 4 aromatic rings. The summed E-state index contributed by atoms with van der Waals surface area (Å²) in [5.41, 5.74) is 4.00. The van der Waals surface area contributed by atoms with Gasteiger partial charge in [-0.25, -0.2) is 9.97 Å². The van der Waals surface area contributed by atoms with Crippen molar-refractivity contribution in [3.8, 4) is 17.0 Å². The van der Waals surface area contributed by atoms with Crippen LogP contribution >= 0.6 is 0 Å². The maximum absolute atomic E-state index is 12.3. The lowest BCUT2D eigenvalue weighted by Crippen LogP contribution is -2.29. The average Bonchev–Trinajstić information content (AvgIpc) is 3.28. The fraction of sp³-hybridized carbons (Fsp3) is 0.250. The Bertz CT molecular complexity index is 1510. The van der Waals surface area contributed by atoms with E-state index >= 15 is 0 Å². The number of nitrogens with one attached hydrogen (secondary N) is 1. The summed E-state index contributed by atoms with van der Waals surface area (Å²) in [6.45, 7) is 5.01. The Balaban J connectivity index is 1.81. The van der Waals surface area contributed by atoms with Gasteiger partial charge in [0, 0.05) is 62.1 Å². The molecule has 0 atom stereocenters. The molecule has 0 saturated carbocycles. The minimum absolute atomic E-state index is 0.0587. The van der Waals surface area contributed by atoms with Crippen molar-refractivity contribution in [2.45, 2.75) is 0 Å². The smallest absolute Gasteiger partial charge is 0.254 e. The molecular formula is C28H32N8O3. The second-order valence-electron chi connectivity index (χ2n) is 9.27. The third kappa shape index (κ3) is 5.73. The van der Waals surface area contributed by atoms with Crippen LogP contribution < -0.4 is 20.0 Å². The number of nitroso groups, excluding NO2 is 1. The second-order valence-corrected chi connectivity index (χ2v) is 9.27. The van der Waals surface area contributed by atoms with E-state index in [4.69, 9.17) is 4.74 Å². The standard InChI is InChI=1S/C28H32N8O3/c1-7-27(37)30-22-16-25(26(39-6)17-24(22)34(4)15-14-33(2)3)36(32-38)28-29-13-12-21(31-28)20-18-35(5)23-11-9-8-10-19(20)23/h7-13,16-18H,1,14-15H2,2-6H3,(H,30,37).